The molecule has 0 radical (unpaired) electrons. The number of hydrogen-bond acceptors (Lipinski definition) is 8. The molecule has 0 bridgehead atoms. The molecule has 258 valence electrons. The van der Waals surface area contributed by atoms with Crippen molar-refractivity contribution in [2.75, 3.05) is 37.4 Å². The van der Waals surface area contributed by atoms with Gasteiger partial charge in [0.1, 0.15) is 17.9 Å². The minimum absolute atomic E-state index is 0.116. The molecule has 2 N–H and O–H groups in total. The van der Waals surface area contributed by atoms with Crippen LogP contribution in [-0.4, -0.2) is 78.2 Å². The van der Waals surface area contributed by atoms with E-state index in [-0.39, 0.29) is 41.7 Å². The van der Waals surface area contributed by atoms with Gasteiger partial charge in [-0.05, 0) is 74.9 Å². The van der Waals surface area contributed by atoms with E-state index < -0.39 is 17.5 Å². The molecule has 1 aliphatic heterocycles. The Morgan fingerprint density at radius 2 is 1.80 bits per heavy atom. The van der Waals surface area contributed by atoms with Crippen molar-refractivity contribution in [3.8, 4) is 6.07 Å². The summed E-state index contributed by atoms with van der Waals surface area (Å²) in [6.45, 7) is 5.00. The van der Waals surface area contributed by atoms with Crippen LogP contribution in [0.5, 0.6) is 0 Å². The molecule has 0 aliphatic carbocycles. The van der Waals surface area contributed by atoms with Crippen molar-refractivity contribution in [3.05, 3.63) is 89.2 Å². The van der Waals surface area contributed by atoms with Crippen LogP contribution in [0.15, 0.2) is 67.0 Å². The van der Waals surface area contributed by atoms with Crippen LogP contribution in [0.1, 0.15) is 77.3 Å². The van der Waals surface area contributed by atoms with E-state index in [1.165, 1.54) is 19.0 Å². The third-order valence-electron chi connectivity index (χ3n) is 9.64. The highest BCUT2D eigenvalue weighted by Gasteiger charge is 2.33. The van der Waals surface area contributed by atoms with Crippen molar-refractivity contribution < 1.29 is 24.0 Å². The average molecular weight is 676 g/mol. The van der Waals surface area contributed by atoms with Crippen molar-refractivity contribution in [2.24, 2.45) is 0 Å². The number of benzene rings is 3. The predicted octanol–water partition coefficient (Wildman–Crippen LogP) is 4.64. The highest BCUT2D eigenvalue weighted by Crippen LogP contribution is 2.33. The maximum absolute atomic E-state index is 13.6. The van der Waals surface area contributed by atoms with Crippen LogP contribution in [0.25, 0.3) is 10.8 Å². The number of nitrogens with zero attached hydrogens (tertiary/aromatic N) is 5. The van der Waals surface area contributed by atoms with E-state index in [9.17, 15) is 29.2 Å². The van der Waals surface area contributed by atoms with Crippen LogP contribution in [0.4, 0.5) is 11.4 Å². The largest absolute Gasteiger partial charge is 0.371 e. The first-order chi connectivity index (χ1) is 24.0. The van der Waals surface area contributed by atoms with E-state index in [1.807, 2.05) is 56.6 Å². The van der Waals surface area contributed by atoms with Gasteiger partial charge in [0.15, 0.2) is 6.29 Å². The zero-order valence-electron chi connectivity index (χ0n) is 28.7. The second-order valence-electron chi connectivity index (χ2n) is 13.0. The summed E-state index contributed by atoms with van der Waals surface area (Å²) in [4.78, 5) is 66.0. The van der Waals surface area contributed by atoms with E-state index in [0.717, 1.165) is 34.9 Å². The molecular formula is C38H41N7O5. The maximum atomic E-state index is 13.6. The number of aldehydes is 2. The fourth-order valence-electron chi connectivity index (χ4n) is 6.46. The van der Waals surface area contributed by atoms with Crippen LogP contribution < -0.4 is 15.5 Å². The maximum Gasteiger partial charge on any atom is 0.255 e. The number of fused-ring (bicyclic) bond motifs is 1. The number of rotatable bonds is 12. The van der Waals surface area contributed by atoms with Gasteiger partial charge in [0.25, 0.3) is 11.8 Å². The Labute approximate surface area is 291 Å². The molecule has 1 unspecified atom stereocenters. The minimum atomic E-state index is -1.01. The van der Waals surface area contributed by atoms with E-state index in [4.69, 9.17) is 0 Å². The van der Waals surface area contributed by atoms with Crippen molar-refractivity contribution in [1.82, 2.24) is 20.0 Å². The van der Waals surface area contributed by atoms with E-state index in [0.29, 0.717) is 36.9 Å². The first kappa shape index (κ1) is 35.5. The number of hydrogen-bond donors (Lipinski definition) is 2. The molecule has 1 saturated heterocycles. The molecule has 12 heteroatoms. The van der Waals surface area contributed by atoms with Crippen molar-refractivity contribution in [3.63, 3.8) is 0 Å². The zero-order chi connectivity index (χ0) is 36.0. The molecule has 3 aromatic carbocycles. The summed E-state index contributed by atoms with van der Waals surface area (Å²) in [7, 11) is 2.97. The van der Waals surface area contributed by atoms with Gasteiger partial charge in [-0.25, -0.2) is 0 Å². The number of nitrogens with one attached hydrogen (secondary N) is 2. The van der Waals surface area contributed by atoms with Gasteiger partial charge in [-0.3, -0.25) is 23.9 Å². The van der Waals surface area contributed by atoms with Gasteiger partial charge >= 0.3 is 0 Å². The predicted molar refractivity (Wildman–Crippen MR) is 190 cm³/mol. The molecule has 1 atom stereocenters. The molecule has 50 heavy (non-hydrogen) atoms. The van der Waals surface area contributed by atoms with Gasteiger partial charge in [-0.1, -0.05) is 24.3 Å². The molecular weight excluding hydrogens is 634 g/mol. The number of likely N-dealkylation sites (N-methyl/N-ethyl adjacent to an activating group) is 2. The Morgan fingerprint density at radius 3 is 2.46 bits per heavy atom. The number of piperidine rings is 1. The van der Waals surface area contributed by atoms with Gasteiger partial charge < -0.3 is 25.2 Å². The van der Waals surface area contributed by atoms with E-state index in [2.05, 4.69) is 26.7 Å². The minimum Gasteiger partial charge on any atom is -0.371 e. The van der Waals surface area contributed by atoms with E-state index in [1.54, 1.807) is 28.9 Å². The Hall–Kier alpha value is -5.83. The highest BCUT2D eigenvalue weighted by atomic mass is 16.2. The number of nitriles is 1. The fraction of sp³-hybridized carbons (Fsp3) is 0.342. The standard InChI is InChI=1S/C38H41N7O5/c1-38(2,37(50)42-33-14-12-26(21-39)30-8-5-6-9-31(30)33)45-23-28(22-41-45)25-15-17-44(18-16-25)29-13-11-27(24-47)32(20-29)36(49)43(4)34(10-7-19-46)35(48)40-3/h5-6,8-9,11-14,19-20,22-25,34H,7,10,15-18H2,1-4H3,(H,40,48)(H,42,50). The van der Waals surface area contributed by atoms with Gasteiger partial charge in [-0.15, -0.1) is 0 Å². The summed E-state index contributed by atoms with van der Waals surface area (Å²) in [5.41, 5.74) is 2.39. The SMILES string of the molecule is CNC(=O)C(CCC=O)N(C)C(=O)c1cc(N2CCC(c3cnn(C(C)(C)C(=O)Nc4ccc(C#N)c5ccccc45)c3)CC2)ccc1C=O. The Balaban J connectivity index is 1.27. The van der Waals surface area contributed by atoms with Crippen LogP contribution in [-0.2, 0) is 19.9 Å². The lowest BCUT2D eigenvalue weighted by atomic mass is 9.91. The molecule has 1 aromatic heterocycles. The van der Waals surface area contributed by atoms with Gasteiger partial charge in [0, 0.05) is 67.5 Å². The fourth-order valence-corrected chi connectivity index (χ4v) is 6.46. The zero-order valence-corrected chi connectivity index (χ0v) is 28.7. The number of amides is 3. The Morgan fingerprint density at radius 1 is 1.08 bits per heavy atom. The quantitative estimate of drug-likeness (QED) is 0.206. The number of anilines is 2. The first-order valence-electron chi connectivity index (χ1n) is 16.6. The molecule has 12 nitrogen and oxygen atoms in total. The smallest absolute Gasteiger partial charge is 0.255 e. The Bertz CT molecular complexity index is 1970. The molecule has 0 spiro atoms. The van der Waals surface area contributed by atoms with Gasteiger partial charge in [0.05, 0.1) is 23.4 Å². The first-order valence-corrected chi connectivity index (χ1v) is 16.6. The lowest BCUT2D eigenvalue weighted by Crippen LogP contribution is -2.47. The summed E-state index contributed by atoms with van der Waals surface area (Å²) in [5, 5.41) is 21.2. The number of carbonyl (C=O) groups excluding carboxylic acids is 5. The molecule has 1 aliphatic rings. The van der Waals surface area contributed by atoms with Crippen LogP contribution >= 0.6 is 0 Å². The second-order valence-corrected chi connectivity index (χ2v) is 13.0. The van der Waals surface area contributed by atoms with Crippen LogP contribution in [0, 0.1) is 11.3 Å². The number of aromatic nitrogens is 2. The average Bonchev–Trinajstić information content (AvgIpc) is 3.66. The summed E-state index contributed by atoms with van der Waals surface area (Å²) >= 11 is 0. The molecule has 5 rings (SSSR count). The lowest BCUT2D eigenvalue weighted by molar-refractivity contribution is -0.125. The monoisotopic (exact) mass is 675 g/mol. The van der Waals surface area contributed by atoms with Crippen molar-refractivity contribution in [1.29, 1.82) is 5.26 Å². The number of carbonyl (C=O) groups is 5. The molecule has 3 amide bonds. The normalized spacial score (nSPS) is 14.0. The summed E-state index contributed by atoms with van der Waals surface area (Å²) in [6, 6.07) is 17.4. The summed E-state index contributed by atoms with van der Waals surface area (Å²) in [6.07, 6.45) is 6.97. The molecule has 1 fully saturated rings. The third kappa shape index (κ3) is 7.12. The molecule has 2 heterocycles. The molecule has 0 saturated carbocycles. The van der Waals surface area contributed by atoms with Gasteiger partial charge in [-0.2, -0.15) is 10.4 Å². The van der Waals surface area contributed by atoms with Crippen LogP contribution in [0.3, 0.4) is 0 Å². The van der Waals surface area contributed by atoms with Crippen LogP contribution in [0.2, 0.25) is 0 Å². The summed E-state index contributed by atoms with van der Waals surface area (Å²) in [5.74, 6) is -0.901. The highest BCUT2D eigenvalue weighted by molar-refractivity contribution is 6.06. The Kier molecular flexibility index (Phi) is 10.8. The van der Waals surface area contributed by atoms with Gasteiger partial charge in [0.2, 0.25) is 5.91 Å². The van der Waals surface area contributed by atoms with Crippen molar-refractivity contribution >= 4 is 52.4 Å². The third-order valence-corrected chi connectivity index (χ3v) is 9.64. The summed E-state index contributed by atoms with van der Waals surface area (Å²) < 4.78 is 1.68. The van der Waals surface area contributed by atoms with Crippen molar-refractivity contribution in [2.45, 2.75) is 57.0 Å². The molecule has 4 aromatic rings. The van der Waals surface area contributed by atoms with E-state index >= 15 is 0 Å². The lowest BCUT2D eigenvalue weighted by Gasteiger charge is -2.34. The topological polar surface area (TPSA) is 157 Å². The second kappa shape index (κ2) is 15.2.